The van der Waals surface area contributed by atoms with Crippen LogP contribution in [0.15, 0.2) is 53.1 Å². The summed E-state index contributed by atoms with van der Waals surface area (Å²) in [4.78, 5) is 12.3. The number of carbonyl (C=O) groups excluding carboxylic acids is 1. The van der Waals surface area contributed by atoms with Crippen molar-refractivity contribution in [3.05, 3.63) is 71.1 Å². The van der Waals surface area contributed by atoms with Crippen molar-refractivity contribution in [1.29, 1.82) is 0 Å². The summed E-state index contributed by atoms with van der Waals surface area (Å²) < 4.78 is 16.0. The lowest BCUT2D eigenvalue weighted by molar-refractivity contribution is 0.102. The van der Waals surface area contributed by atoms with E-state index in [2.05, 4.69) is 10.5 Å². The van der Waals surface area contributed by atoms with Crippen LogP contribution in [-0.2, 0) is 6.61 Å². The molecule has 134 valence electrons. The van der Waals surface area contributed by atoms with Crippen LogP contribution in [0.5, 0.6) is 11.5 Å². The molecule has 1 N–H and O–H groups in total. The summed E-state index contributed by atoms with van der Waals surface area (Å²) in [6, 6.07) is 14.2. The van der Waals surface area contributed by atoms with Crippen molar-refractivity contribution in [3.8, 4) is 11.5 Å². The van der Waals surface area contributed by atoms with E-state index in [1.54, 1.807) is 37.4 Å². The minimum absolute atomic E-state index is 0.199. The SMILES string of the molecule is COc1cccc(NC(=O)c2ccc(OCc3c(C)noc3C)cc2)c1. The highest BCUT2D eigenvalue weighted by Gasteiger charge is 2.10. The molecule has 0 spiro atoms. The Morgan fingerprint density at radius 3 is 2.54 bits per heavy atom. The maximum atomic E-state index is 12.3. The molecule has 1 amide bonds. The predicted molar refractivity (Wildman–Crippen MR) is 97.7 cm³/mol. The highest BCUT2D eigenvalue weighted by molar-refractivity contribution is 6.04. The first-order valence-corrected chi connectivity index (χ1v) is 8.17. The lowest BCUT2D eigenvalue weighted by atomic mass is 10.2. The minimum Gasteiger partial charge on any atom is -0.497 e. The standard InChI is InChI=1S/C20H20N2O4/c1-13-19(14(2)26-22-13)12-25-17-9-7-15(8-10-17)20(23)21-16-5-4-6-18(11-16)24-3/h4-11H,12H2,1-3H3,(H,21,23). The van der Waals surface area contributed by atoms with Gasteiger partial charge < -0.3 is 19.3 Å². The number of benzene rings is 2. The zero-order chi connectivity index (χ0) is 18.5. The lowest BCUT2D eigenvalue weighted by Gasteiger charge is -2.09. The Balaban J connectivity index is 1.62. The smallest absolute Gasteiger partial charge is 0.255 e. The zero-order valence-electron chi connectivity index (χ0n) is 14.9. The van der Waals surface area contributed by atoms with Gasteiger partial charge in [-0.2, -0.15) is 0 Å². The molecule has 0 aliphatic heterocycles. The topological polar surface area (TPSA) is 73.6 Å². The molecule has 6 nitrogen and oxygen atoms in total. The number of aromatic nitrogens is 1. The number of nitrogens with one attached hydrogen (secondary N) is 1. The van der Waals surface area contributed by atoms with Crippen molar-refractivity contribution in [1.82, 2.24) is 5.16 Å². The van der Waals surface area contributed by atoms with Crippen molar-refractivity contribution in [2.24, 2.45) is 0 Å². The number of anilines is 1. The Bertz CT molecular complexity index is 881. The maximum Gasteiger partial charge on any atom is 0.255 e. The summed E-state index contributed by atoms with van der Waals surface area (Å²) in [6.07, 6.45) is 0. The summed E-state index contributed by atoms with van der Waals surface area (Å²) >= 11 is 0. The third-order valence-electron chi connectivity index (χ3n) is 4.01. The van der Waals surface area contributed by atoms with Crippen LogP contribution < -0.4 is 14.8 Å². The molecule has 0 unspecified atom stereocenters. The maximum absolute atomic E-state index is 12.3. The first-order chi connectivity index (χ1) is 12.6. The van der Waals surface area contributed by atoms with Crippen molar-refractivity contribution in [2.45, 2.75) is 20.5 Å². The second-order valence-electron chi connectivity index (χ2n) is 5.80. The molecule has 0 fully saturated rings. The molecule has 0 aliphatic rings. The normalized spacial score (nSPS) is 10.4. The van der Waals surface area contributed by atoms with E-state index in [0.29, 0.717) is 29.4 Å². The fourth-order valence-corrected chi connectivity index (χ4v) is 2.47. The molecule has 3 aromatic rings. The highest BCUT2D eigenvalue weighted by atomic mass is 16.5. The average molecular weight is 352 g/mol. The van der Waals surface area contributed by atoms with E-state index in [1.165, 1.54) is 0 Å². The molecule has 0 saturated carbocycles. The van der Waals surface area contributed by atoms with Crippen LogP contribution in [0.1, 0.15) is 27.4 Å². The zero-order valence-corrected chi connectivity index (χ0v) is 14.9. The number of nitrogens with zero attached hydrogens (tertiary/aromatic N) is 1. The number of rotatable bonds is 6. The number of ether oxygens (including phenoxy) is 2. The fourth-order valence-electron chi connectivity index (χ4n) is 2.47. The molecular formula is C20H20N2O4. The third-order valence-corrected chi connectivity index (χ3v) is 4.01. The van der Waals surface area contributed by atoms with Gasteiger partial charge in [0, 0.05) is 17.3 Å². The van der Waals surface area contributed by atoms with Crippen LogP contribution in [0, 0.1) is 13.8 Å². The lowest BCUT2D eigenvalue weighted by Crippen LogP contribution is -2.11. The van der Waals surface area contributed by atoms with E-state index in [9.17, 15) is 4.79 Å². The number of hydrogen-bond donors (Lipinski definition) is 1. The van der Waals surface area contributed by atoms with Crippen molar-refractivity contribution < 1.29 is 18.8 Å². The van der Waals surface area contributed by atoms with E-state index < -0.39 is 0 Å². The van der Waals surface area contributed by atoms with Crippen LogP contribution >= 0.6 is 0 Å². The minimum atomic E-state index is -0.199. The van der Waals surface area contributed by atoms with Crippen LogP contribution in [0.25, 0.3) is 0 Å². The molecule has 3 rings (SSSR count). The number of amides is 1. The molecule has 26 heavy (non-hydrogen) atoms. The van der Waals surface area contributed by atoms with Crippen LogP contribution in [0.4, 0.5) is 5.69 Å². The molecule has 6 heteroatoms. The summed E-state index contributed by atoms with van der Waals surface area (Å²) in [6.45, 7) is 4.10. The summed E-state index contributed by atoms with van der Waals surface area (Å²) in [5.41, 5.74) is 2.97. The number of hydrogen-bond acceptors (Lipinski definition) is 5. The Hall–Kier alpha value is -3.28. The van der Waals surface area contributed by atoms with Gasteiger partial charge in [-0.3, -0.25) is 4.79 Å². The summed E-state index contributed by atoms with van der Waals surface area (Å²) in [7, 11) is 1.59. The molecule has 2 aromatic carbocycles. The van der Waals surface area contributed by atoms with Crippen LogP contribution in [0.3, 0.4) is 0 Å². The summed E-state index contributed by atoms with van der Waals surface area (Å²) in [5.74, 6) is 1.90. The predicted octanol–water partition coefficient (Wildman–Crippen LogP) is 4.13. The molecule has 1 heterocycles. The largest absolute Gasteiger partial charge is 0.497 e. The molecule has 0 saturated heterocycles. The Labute approximate surface area is 151 Å². The average Bonchev–Trinajstić information content (AvgIpc) is 2.98. The number of carbonyl (C=O) groups is 1. The highest BCUT2D eigenvalue weighted by Crippen LogP contribution is 2.20. The van der Waals surface area contributed by atoms with Gasteiger partial charge in [0.05, 0.1) is 18.4 Å². The van der Waals surface area contributed by atoms with Gasteiger partial charge in [0.25, 0.3) is 5.91 Å². The van der Waals surface area contributed by atoms with Gasteiger partial charge in [-0.1, -0.05) is 11.2 Å². The van der Waals surface area contributed by atoms with Gasteiger partial charge in [0.2, 0.25) is 0 Å². The van der Waals surface area contributed by atoms with Gasteiger partial charge in [-0.25, -0.2) is 0 Å². The quantitative estimate of drug-likeness (QED) is 0.722. The van der Waals surface area contributed by atoms with Gasteiger partial charge in [-0.15, -0.1) is 0 Å². The monoisotopic (exact) mass is 352 g/mol. The van der Waals surface area contributed by atoms with Gasteiger partial charge in [0.1, 0.15) is 23.9 Å². The van der Waals surface area contributed by atoms with E-state index in [4.69, 9.17) is 14.0 Å². The fraction of sp³-hybridized carbons (Fsp3) is 0.200. The van der Waals surface area contributed by atoms with Crippen LogP contribution in [0.2, 0.25) is 0 Å². The Morgan fingerprint density at radius 1 is 1.12 bits per heavy atom. The first kappa shape index (κ1) is 17.5. The van der Waals surface area contributed by atoms with Crippen molar-refractivity contribution in [3.63, 3.8) is 0 Å². The molecule has 0 radical (unpaired) electrons. The van der Waals surface area contributed by atoms with E-state index in [-0.39, 0.29) is 5.91 Å². The van der Waals surface area contributed by atoms with E-state index in [0.717, 1.165) is 17.0 Å². The second kappa shape index (κ2) is 7.74. The van der Waals surface area contributed by atoms with Gasteiger partial charge in [0.15, 0.2) is 0 Å². The summed E-state index contributed by atoms with van der Waals surface area (Å²) in [5, 5.41) is 6.74. The van der Waals surface area contributed by atoms with E-state index >= 15 is 0 Å². The molecule has 0 bridgehead atoms. The second-order valence-corrected chi connectivity index (χ2v) is 5.80. The molecule has 0 atom stereocenters. The van der Waals surface area contributed by atoms with Gasteiger partial charge in [-0.05, 0) is 50.2 Å². The van der Waals surface area contributed by atoms with Gasteiger partial charge >= 0.3 is 0 Å². The number of methoxy groups -OCH3 is 1. The molecule has 1 aromatic heterocycles. The Morgan fingerprint density at radius 2 is 1.88 bits per heavy atom. The molecule has 0 aliphatic carbocycles. The third kappa shape index (κ3) is 4.03. The van der Waals surface area contributed by atoms with Crippen molar-refractivity contribution >= 4 is 11.6 Å². The first-order valence-electron chi connectivity index (χ1n) is 8.17. The number of aryl methyl sites for hydroxylation is 2. The van der Waals surface area contributed by atoms with Crippen LogP contribution in [-0.4, -0.2) is 18.2 Å². The van der Waals surface area contributed by atoms with E-state index in [1.807, 2.05) is 32.0 Å². The Kier molecular flexibility index (Phi) is 5.22. The van der Waals surface area contributed by atoms with Crippen molar-refractivity contribution in [2.75, 3.05) is 12.4 Å². The molecular weight excluding hydrogens is 332 g/mol.